The lowest BCUT2D eigenvalue weighted by atomic mass is 9.96. The maximum absolute atomic E-state index is 3.75. The molecule has 0 spiro atoms. The lowest BCUT2D eigenvalue weighted by molar-refractivity contribution is 1.54. The van der Waals surface area contributed by atoms with E-state index in [0.717, 1.165) is 0 Å². The van der Waals surface area contributed by atoms with Gasteiger partial charge in [0.05, 0.1) is 5.52 Å². The molecule has 2 heterocycles. The smallest absolute Gasteiger partial charge is 0.0544 e. The molecule has 0 aliphatic rings. The molecule has 0 radical (unpaired) electrons. The van der Waals surface area contributed by atoms with Gasteiger partial charge >= 0.3 is 0 Å². The van der Waals surface area contributed by atoms with Crippen molar-refractivity contribution in [3.8, 4) is 22.3 Å². The molecule has 2 heteroatoms. The van der Waals surface area contributed by atoms with Crippen molar-refractivity contribution in [1.29, 1.82) is 0 Å². The second-order valence-electron chi connectivity index (χ2n) is 9.46. The second-order valence-corrected chi connectivity index (χ2v) is 10.5. The number of aromatic nitrogens is 1. The zero-order valence-corrected chi connectivity index (χ0v) is 20.3. The number of fused-ring (bicyclic) bond motifs is 7. The number of hydrogen-bond donors (Lipinski definition) is 1. The van der Waals surface area contributed by atoms with E-state index in [1.165, 1.54) is 75.0 Å². The molecule has 0 fully saturated rings. The van der Waals surface area contributed by atoms with Gasteiger partial charge < -0.3 is 4.98 Å². The molecule has 0 amide bonds. The average Bonchev–Trinajstić information content (AvgIpc) is 3.49. The first-order chi connectivity index (χ1) is 17.8. The van der Waals surface area contributed by atoms with Gasteiger partial charge in [-0.1, -0.05) is 97.1 Å². The van der Waals surface area contributed by atoms with Crippen molar-refractivity contribution < 1.29 is 0 Å². The number of nitrogens with one attached hydrogen (secondary N) is 1. The Morgan fingerprint density at radius 1 is 0.472 bits per heavy atom. The van der Waals surface area contributed by atoms with Crippen LogP contribution in [-0.4, -0.2) is 4.98 Å². The summed E-state index contributed by atoms with van der Waals surface area (Å²) >= 11 is 1.89. The third-order valence-electron chi connectivity index (χ3n) is 7.39. The predicted octanol–water partition coefficient (Wildman–Crippen LogP) is 10.2. The van der Waals surface area contributed by atoms with Gasteiger partial charge in [0.2, 0.25) is 0 Å². The highest BCUT2D eigenvalue weighted by molar-refractivity contribution is 7.26. The number of rotatable bonds is 2. The van der Waals surface area contributed by atoms with Crippen LogP contribution >= 0.6 is 11.3 Å². The van der Waals surface area contributed by atoms with Crippen molar-refractivity contribution in [2.45, 2.75) is 0 Å². The number of hydrogen-bond acceptors (Lipinski definition) is 1. The molecule has 8 rings (SSSR count). The molecular weight excluding hydrogens is 454 g/mol. The molecule has 0 saturated carbocycles. The normalized spacial score (nSPS) is 11.9. The van der Waals surface area contributed by atoms with Crippen LogP contribution in [0.4, 0.5) is 0 Å². The van der Waals surface area contributed by atoms with Crippen LogP contribution in [-0.2, 0) is 0 Å². The van der Waals surface area contributed by atoms with Gasteiger partial charge in [-0.05, 0) is 51.7 Å². The zero-order chi connectivity index (χ0) is 23.6. The fraction of sp³-hybridized carbons (Fsp3) is 0. The van der Waals surface area contributed by atoms with E-state index in [4.69, 9.17) is 0 Å². The fourth-order valence-electron chi connectivity index (χ4n) is 5.68. The minimum atomic E-state index is 1.18. The van der Waals surface area contributed by atoms with Gasteiger partial charge in [-0.3, -0.25) is 0 Å². The van der Waals surface area contributed by atoms with Gasteiger partial charge in [0.25, 0.3) is 0 Å². The molecule has 168 valence electrons. The van der Waals surface area contributed by atoms with Crippen molar-refractivity contribution >= 4 is 64.1 Å². The van der Waals surface area contributed by atoms with Crippen LogP contribution in [0.15, 0.2) is 121 Å². The summed E-state index contributed by atoms with van der Waals surface area (Å²) in [5.74, 6) is 0. The first-order valence-corrected chi connectivity index (χ1v) is 13.1. The Kier molecular flexibility index (Phi) is 4.16. The molecule has 1 N–H and O–H groups in total. The highest BCUT2D eigenvalue weighted by Gasteiger charge is 2.13. The van der Waals surface area contributed by atoms with E-state index in [-0.39, 0.29) is 0 Å². The first-order valence-electron chi connectivity index (χ1n) is 12.3. The third-order valence-corrected chi connectivity index (χ3v) is 8.61. The minimum Gasteiger partial charge on any atom is -0.354 e. The minimum absolute atomic E-state index is 1.18. The number of thiophene rings is 1. The Hall–Kier alpha value is -4.40. The van der Waals surface area contributed by atoms with Crippen LogP contribution in [0.5, 0.6) is 0 Å². The largest absolute Gasteiger partial charge is 0.354 e. The number of aromatic amines is 1. The summed E-state index contributed by atoms with van der Waals surface area (Å²) < 4.78 is 2.69. The quantitative estimate of drug-likeness (QED) is 0.256. The summed E-state index contributed by atoms with van der Waals surface area (Å²) in [4.78, 5) is 3.75. The summed E-state index contributed by atoms with van der Waals surface area (Å²) in [6.07, 6.45) is 0. The van der Waals surface area contributed by atoms with Gasteiger partial charge in [-0.25, -0.2) is 0 Å². The molecule has 0 saturated heterocycles. The molecular formula is C34H21NS. The second kappa shape index (κ2) is 7.55. The summed E-state index contributed by atoms with van der Waals surface area (Å²) in [5, 5.41) is 7.75. The number of para-hydroxylation sites is 1. The van der Waals surface area contributed by atoms with Gasteiger partial charge in [0.15, 0.2) is 0 Å². The molecule has 6 aromatic carbocycles. The third kappa shape index (κ3) is 2.89. The lowest BCUT2D eigenvalue weighted by Gasteiger charge is -2.08. The number of H-pyrrole nitrogens is 1. The van der Waals surface area contributed by atoms with Gasteiger partial charge in [-0.15, -0.1) is 11.3 Å². The van der Waals surface area contributed by atoms with Crippen molar-refractivity contribution in [1.82, 2.24) is 4.98 Å². The standard InChI is InChI=1S/C34H21NS/c1-2-9-22-20-31-30(19-21(22)8-1)28-15-6-13-25(33(28)35-31)23-10-5-11-24(18-23)26-14-7-16-29-27-12-3-4-17-32(27)36-34(26)29/h1-20,35H. The predicted molar refractivity (Wildman–Crippen MR) is 157 cm³/mol. The van der Waals surface area contributed by atoms with Crippen molar-refractivity contribution in [3.63, 3.8) is 0 Å². The maximum Gasteiger partial charge on any atom is 0.0544 e. The fourth-order valence-corrected chi connectivity index (χ4v) is 6.92. The first kappa shape index (κ1) is 19.9. The van der Waals surface area contributed by atoms with Crippen molar-refractivity contribution in [2.75, 3.05) is 0 Å². The van der Waals surface area contributed by atoms with Crippen LogP contribution in [0.3, 0.4) is 0 Å². The van der Waals surface area contributed by atoms with Crippen molar-refractivity contribution in [2.24, 2.45) is 0 Å². The molecule has 36 heavy (non-hydrogen) atoms. The van der Waals surface area contributed by atoms with Gasteiger partial charge in [0.1, 0.15) is 0 Å². The monoisotopic (exact) mass is 475 g/mol. The van der Waals surface area contributed by atoms with E-state index >= 15 is 0 Å². The lowest BCUT2D eigenvalue weighted by Crippen LogP contribution is -1.83. The summed E-state index contributed by atoms with van der Waals surface area (Å²) in [7, 11) is 0. The Morgan fingerprint density at radius 2 is 1.14 bits per heavy atom. The Bertz CT molecular complexity index is 2110. The van der Waals surface area contributed by atoms with E-state index in [9.17, 15) is 0 Å². The summed E-state index contributed by atoms with van der Waals surface area (Å²) in [6, 6.07) is 44.2. The van der Waals surface area contributed by atoms with E-state index in [1.54, 1.807) is 0 Å². The molecule has 8 aromatic rings. The zero-order valence-electron chi connectivity index (χ0n) is 19.5. The molecule has 0 bridgehead atoms. The van der Waals surface area contributed by atoms with E-state index in [2.05, 4.69) is 126 Å². The van der Waals surface area contributed by atoms with Gasteiger partial charge in [-0.2, -0.15) is 0 Å². The highest BCUT2D eigenvalue weighted by Crippen LogP contribution is 2.41. The molecule has 1 nitrogen and oxygen atoms in total. The SMILES string of the molecule is c1cc(-c2cccc3c2[nH]c2cc4ccccc4cc23)cc(-c2cccc3c2sc2ccccc23)c1. The van der Waals surface area contributed by atoms with E-state index in [0.29, 0.717) is 0 Å². The Labute approximate surface area is 212 Å². The number of benzene rings is 6. The topological polar surface area (TPSA) is 15.8 Å². The summed E-state index contributed by atoms with van der Waals surface area (Å²) in [5.41, 5.74) is 7.39. The van der Waals surface area contributed by atoms with E-state index in [1.807, 2.05) is 11.3 Å². The highest BCUT2D eigenvalue weighted by atomic mass is 32.1. The molecule has 0 aliphatic heterocycles. The van der Waals surface area contributed by atoms with Crippen molar-refractivity contribution in [3.05, 3.63) is 121 Å². The average molecular weight is 476 g/mol. The molecule has 0 unspecified atom stereocenters. The Balaban J connectivity index is 1.34. The van der Waals surface area contributed by atoms with Crippen LogP contribution in [0.1, 0.15) is 0 Å². The van der Waals surface area contributed by atoms with Crippen LogP contribution < -0.4 is 0 Å². The van der Waals surface area contributed by atoms with E-state index < -0.39 is 0 Å². The molecule has 0 atom stereocenters. The van der Waals surface area contributed by atoms with Crippen LogP contribution in [0, 0.1) is 0 Å². The molecule has 0 aliphatic carbocycles. The Morgan fingerprint density at radius 3 is 2.03 bits per heavy atom. The van der Waals surface area contributed by atoms with Gasteiger partial charge in [0, 0.05) is 42.0 Å². The maximum atomic E-state index is 3.75. The van der Waals surface area contributed by atoms with Crippen LogP contribution in [0.2, 0.25) is 0 Å². The molecule has 2 aromatic heterocycles. The van der Waals surface area contributed by atoms with Crippen LogP contribution in [0.25, 0.3) is 75.0 Å². The summed E-state index contributed by atoms with van der Waals surface area (Å²) in [6.45, 7) is 0.